The van der Waals surface area contributed by atoms with Crippen LogP contribution in [0.25, 0.3) is 0 Å². The first-order chi connectivity index (χ1) is 14.4. The highest BCUT2D eigenvalue weighted by Gasteiger charge is 2.38. The van der Waals surface area contributed by atoms with Crippen LogP contribution in [0.2, 0.25) is 0 Å². The molecule has 1 saturated heterocycles. The number of carbonyl (C=O) groups is 2. The second-order valence-corrected chi connectivity index (χ2v) is 7.20. The molecule has 0 saturated carbocycles. The summed E-state index contributed by atoms with van der Waals surface area (Å²) in [7, 11) is 0. The summed E-state index contributed by atoms with van der Waals surface area (Å²) in [5, 5.41) is 9.49. The second kappa shape index (κ2) is 12.4. The van der Waals surface area contributed by atoms with Gasteiger partial charge in [0, 0.05) is 44.7 Å². The van der Waals surface area contributed by atoms with E-state index in [-0.39, 0.29) is 25.0 Å². The molecule has 2 rings (SSSR count). The van der Waals surface area contributed by atoms with Gasteiger partial charge in [0.05, 0.1) is 13.0 Å². The van der Waals surface area contributed by atoms with E-state index in [2.05, 4.69) is 4.98 Å². The molecule has 1 aromatic rings. The fraction of sp³-hybridized carbons (Fsp3) is 0.700. The molecule has 1 aliphatic heterocycles. The highest BCUT2D eigenvalue weighted by molar-refractivity contribution is 5.82. The van der Waals surface area contributed by atoms with E-state index in [0.29, 0.717) is 13.0 Å². The maximum atomic E-state index is 12.1. The number of Topliss-reactive ketones (excluding diaryl/α,β-unsaturated/α-hetero) is 1. The molecule has 0 aliphatic carbocycles. The number of unbranched alkanes of at least 4 members (excludes halogenated alkanes) is 1. The normalized spacial score (nSPS) is 20.9. The molecular formula is C20H30N2O8. The molecule has 168 valence electrons. The fourth-order valence-corrected chi connectivity index (χ4v) is 3.18. The molecule has 2 N–H and O–H groups in total. The summed E-state index contributed by atoms with van der Waals surface area (Å²) < 4.78 is 17.5. The zero-order valence-electron chi connectivity index (χ0n) is 17.2. The minimum atomic E-state index is -0.795. The lowest BCUT2D eigenvalue weighted by molar-refractivity contribution is -0.154. The van der Waals surface area contributed by atoms with Crippen molar-refractivity contribution >= 4 is 11.8 Å². The van der Waals surface area contributed by atoms with Crippen molar-refractivity contribution in [3.8, 4) is 0 Å². The molecule has 2 heterocycles. The number of hydrogen-bond donors (Lipinski definition) is 2. The summed E-state index contributed by atoms with van der Waals surface area (Å²) in [5.74, 6) is -0.572. The highest BCUT2D eigenvalue weighted by atomic mass is 16.6. The van der Waals surface area contributed by atoms with Crippen molar-refractivity contribution in [1.82, 2.24) is 9.55 Å². The molecule has 30 heavy (non-hydrogen) atoms. The van der Waals surface area contributed by atoms with Crippen molar-refractivity contribution in [1.29, 1.82) is 0 Å². The topological polar surface area (TPSA) is 137 Å². The Bertz CT molecular complexity index is 802. The Kier molecular flexibility index (Phi) is 9.92. The number of aromatic amines is 1. The fourth-order valence-electron chi connectivity index (χ4n) is 3.18. The molecule has 1 fully saturated rings. The van der Waals surface area contributed by atoms with Gasteiger partial charge in [-0.2, -0.15) is 0 Å². The van der Waals surface area contributed by atoms with E-state index in [1.807, 2.05) is 6.92 Å². The number of carbonyl (C=O) groups excluding carboxylic acids is 2. The summed E-state index contributed by atoms with van der Waals surface area (Å²) in [6.45, 7) is 2.99. The molecule has 1 aromatic heterocycles. The first-order valence-corrected chi connectivity index (χ1v) is 10.3. The minimum Gasteiger partial charge on any atom is -0.459 e. The van der Waals surface area contributed by atoms with Crippen LogP contribution in [0, 0.1) is 0 Å². The molecule has 0 spiro atoms. The molecule has 3 atom stereocenters. The Morgan fingerprint density at radius 2 is 2.03 bits per heavy atom. The number of ketones is 1. The Labute approximate surface area is 174 Å². The van der Waals surface area contributed by atoms with Crippen LogP contribution in [0.3, 0.4) is 0 Å². The number of hydrogen-bond acceptors (Lipinski definition) is 8. The highest BCUT2D eigenvalue weighted by Crippen LogP contribution is 2.29. The summed E-state index contributed by atoms with van der Waals surface area (Å²) in [4.78, 5) is 49.2. The molecule has 0 aromatic carbocycles. The zero-order valence-corrected chi connectivity index (χ0v) is 17.2. The average Bonchev–Trinajstić information content (AvgIpc) is 3.11. The molecule has 10 heteroatoms. The van der Waals surface area contributed by atoms with E-state index < -0.39 is 42.3 Å². The lowest BCUT2D eigenvalue weighted by atomic mass is 10.1. The molecule has 0 amide bonds. The SMILES string of the molecule is CCCOCCCCC(=O)CCC(=O)O[C@@H]1C[C@H](n2ccc(=O)[nH]c2=O)O[C@@H]1CO. The van der Waals surface area contributed by atoms with Gasteiger partial charge in [-0.05, 0) is 19.3 Å². The first-order valence-electron chi connectivity index (χ1n) is 10.3. The third kappa shape index (κ3) is 7.51. The summed E-state index contributed by atoms with van der Waals surface area (Å²) in [5.41, 5.74) is -1.18. The zero-order chi connectivity index (χ0) is 21.9. The molecule has 0 unspecified atom stereocenters. The maximum Gasteiger partial charge on any atom is 0.330 e. The van der Waals surface area contributed by atoms with Crippen LogP contribution in [-0.4, -0.2) is 58.4 Å². The van der Waals surface area contributed by atoms with Crippen LogP contribution in [0.4, 0.5) is 0 Å². The van der Waals surface area contributed by atoms with Crippen LogP contribution >= 0.6 is 0 Å². The van der Waals surface area contributed by atoms with Gasteiger partial charge in [0.2, 0.25) is 0 Å². The second-order valence-electron chi connectivity index (χ2n) is 7.20. The summed E-state index contributed by atoms with van der Waals surface area (Å²) >= 11 is 0. The molecular weight excluding hydrogens is 396 g/mol. The lowest BCUT2D eigenvalue weighted by Gasteiger charge is -2.16. The van der Waals surface area contributed by atoms with E-state index in [9.17, 15) is 24.3 Å². The molecule has 1 aliphatic rings. The van der Waals surface area contributed by atoms with E-state index >= 15 is 0 Å². The van der Waals surface area contributed by atoms with Crippen molar-refractivity contribution in [3.05, 3.63) is 33.1 Å². The molecule has 10 nitrogen and oxygen atoms in total. The Morgan fingerprint density at radius 3 is 2.73 bits per heavy atom. The predicted molar refractivity (Wildman–Crippen MR) is 106 cm³/mol. The van der Waals surface area contributed by atoms with Crippen LogP contribution < -0.4 is 11.2 Å². The molecule has 0 bridgehead atoms. The van der Waals surface area contributed by atoms with Gasteiger partial charge >= 0.3 is 11.7 Å². The van der Waals surface area contributed by atoms with Gasteiger partial charge in [-0.15, -0.1) is 0 Å². The first kappa shape index (κ1) is 24.0. The standard InChI is InChI=1S/C20H30N2O8/c1-2-10-28-11-4-3-5-14(24)6-7-19(26)30-15-12-18(29-16(15)13-23)22-9-8-17(25)21-20(22)27/h8-9,15-16,18,23H,2-7,10-13H2,1H3,(H,21,25,27)/t15-,16-,18-/m1/s1. The van der Waals surface area contributed by atoms with Crippen LogP contribution in [0.15, 0.2) is 21.9 Å². The van der Waals surface area contributed by atoms with Crippen molar-refractivity contribution in [2.75, 3.05) is 19.8 Å². The monoisotopic (exact) mass is 426 g/mol. The molecule has 0 radical (unpaired) electrons. The number of aromatic nitrogens is 2. The quantitative estimate of drug-likeness (QED) is 0.347. The minimum absolute atomic E-state index is 0.0125. The van der Waals surface area contributed by atoms with E-state index in [4.69, 9.17) is 14.2 Å². The van der Waals surface area contributed by atoms with Crippen LogP contribution in [-0.2, 0) is 23.8 Å². The van der Waals surface area contributed by atoms with Gasteiger partial charge in [-0.3, -0.25) is 23.9 Å². The van der Waals surface area contributed by atoms with Gasteiger partial charge in [0.15, 0.2) is 0 Å². The predicted octanol–water partition coefficient (Wildman–Crippen LogP) is 0.674. The van der Waals surface area contributed by atoms with Crippen molar-refractivity contribution in [2.24, 2.45) is 0 Å². The number of nitrogens with one attached hydrogen (secondary N) is 1. The maximum absolute atomic E-state index is 12.1. The number of aliphatic hydroxyl groups excluding tert-OH is 1. The van der Waals surface area contributed by atoms with Crippen molar-refractivity contribution in [3.63, 3.8) is 0 Å². The van der Waals surface area contributed by atoms with Gasteiger partial charge in [0.1, 0.15) is 24.2 Å². The number of aliphatic hydroxyl groups is 1. The number of H-pyrrole nitrogens is 1. The van der Waals surface area contributed by atoms with Gasteiger partial charge in [0.25, 0.3) is 5.56 Å². The number of esters is 1. The van der Waals surface area contributed by atoms with E-state index in [1.54, 1.807) is 0 Å². The average molecular weight is 426 g/mol. The Morgan fingerprint density at radius 1 is 1.23 bits per heavy atom. The van der Waals surface area contributed by atoms with Crippen molar-refractivity contribution in [2.45, 2.75) is 70.3 Å². The largest absolute Gasteiger partial charge is 0.459 e. The Balaban J connectivity index is 1.75. The third-order valence-corrected chi connectivity index (χ3v) is 4.76. The summed E-state index contributed by atoms with van der Waals surface area (Å²) in [6.07, 6.45) is 2.03. The van der Waals surface area contributed by atoms with Gasteiger partial charge in [-0.25, -0.2) is 4.79 Å². The number of ether oxygens (including phenoxy) is 3. The summed E-state index contributed by atoms with van der Waals surface area (Å²) in [6, 6.07) is 1.18. The van der Waals surface area contributed by atoms with Crippen molar-refractivity contribution < 1.29 is 28.9 Å². The number of rotatable bonds is 13. The van der Waals surface area contributed by atoms with Gasteiger partial charge < -0.3 is 19.3 Å². The number of nitrogens with zero attached hydrogens (tertiary/aromatic N) is 1. The smallest absolute Gasteiger partial charge is 0.330 e. The lowest BCUT2D eigenvalue weighted by Crippen LogP contribution is -2.31. The van der Waals surface area contributed by atoms with Crippen LogP contribution in [0.5, 0.6) is 0 Å². The van der Waals surface area contributed by atoms with E-state index in [0.717, 1.165) is 25.9 Å². The Hall–Kier alpha value is -2.30. The third-order valence-electron chi connectivity index (χ3n) is 4.76. The van der Waals surface area contributed by atoms with E-state index in [1.165, 1.54) is 16.8 Å². The van der Waals surface area contributed by atoms with Gasteiger partial charge in [-0.1, -0.05) is 6.92 Å². The van der Waals surface area contributed by atoms with Crippen LogP contribution in [0.1, 0.15) is 58.1 Å².